The van der Waals surface area contributed by atoms with Crippen LogP contribution in [-0.2, 0) is 16.0 Å². The van der Waals surface area contributed by atoms with E-state index in [4.69, 9.17) is 0 Å². The molecule has 1 fully saturated rings. The zero-order valence-electron chi connectivity index (χ0n) is 10.3. The highest BCUT2D eigenvalue weighted by Gasteiger charge is 2.46. The second-order valence-electron chi connectivity index (χ2n) is 4.88. The Morgan fingerprint density at radius 2 is 2.28 bits per heavy atom. The number of carboxylic acid groups (broad SMARTS) is 1. The number of nitrogens with zero attached hydrogens (tertiary/aromatic N) is 1. The molecule has 1 aliphatic carbocycles. The molecule has 18 heavy (non-hydrogen) atoms. The van der Waals surface area contributed by atoms with E-state index in [0.717, 1.165) is 18.4 Å². The molecule has 1 aliphatic rings. The van der Waals surface area contributed by atoms with Crippen LogP contribution in [0.3, 0.4) is 0 Å². The highest BCUT2D eigenvalue weighted by atomic mass is 16.4. The molecule has 0 aliphatic heterocycles. The number of carbonyl (C=O) groups is 2. The Morgan fingerprint density at radius 1 is 1.44 bits per heavy atom. The molecular weight excluding hydrogens is 230 g/mol. The molecule has 1 heterocycles. The second-order valence-corrected chi connectivity index (χ2v) is 4.88. The normalized spacial score (nSPS) is 23.9. The highest BCUT2D eigenvalue weighted by molar-refractivity contribution is 6.03. The number of Topliss-reactive ketones (excluding diaryl/α,β-unsaturated/α-hetero) is 1. The van der Waals surface area contributed by atoms with Gasteiger partial charge in [-0.15, -0.1) is 0 Å². The van der Waals surface area contributed by atoms with Crippen LogP contribution in [0.5, 0.6) is 0 Å². The van der Waals surface area contributed by atoms with Crippen molar-refractivity contribution in [2.24, 2.45) is 5.41 Å². The molecule has 1 N–H and O–H groups in total. The van der Waals surface area contributed by atoms with Gasteiger partial charge in [-0.1, -0.05) is 12.5 Å². The van der Waals surface area contributed by atoms with E-state index >= 15 is 0 Å². The molecule has 1 unspecified atom stereocenters. The quantitative estimate of drug-likeness (QED) is 0.828. The summed E-state index contributed by atoms with van der Waals surface area (Å²) in [5.41, 5.74) is -0.176. The number of ketones is 1. The van der Waals surface area contributed by atoms with Gasteiger partial charge in [0.05, 0.1) is 0 Å². The molecule has 1 atom stereocenters. The van der Waals surface area contributed by atoms with Crippen LogP contribution < -0.4 is 0 Å². The first-order valence-corrected chi connectivity index (χ1v) is 6.31. The van der Waals surface area contributed by atoms with Gasteiger partial charge in [0.1, 0.15) is 11.2 Å². The van der Waals surface area contributed by atoms with Gasteiger partial charge >= 0.3 is 5.97 Å². The monoisotopic (exact) mass is 247 g/mol. The highest BCUT2D eigenvalue weighted by Crippen LogP contribution is 2.37. The Kier molecular flexibility index (Phi) is 3.75. The molecule has 4 nitrogen and oxygen atoms in total. The van der Waals surface area contributed by atoms with Crippen LogP contribution >= 0.6 is 0 Å². The Bertz CT molecular complexity index is 444. The van der Waals surface area contributed by atoms with E-state index in [9.17, 15) is 14.7 Å². The number of rotatable bonds is 4. The van der Waals surface area contributed by atoms with E-state index in [-0.39, 0.29) is 5.78 Å². The largest absolute Gasteiger partial charge is 0.480 e. The van der Waals surface area contributed by atoms with Crippen molar-refractivity contribution in [2.75, 3.05) is 0 Å². The maximum Gasteiger partial charge on any atom is 0.317 e. The molecule has 0 amide bonds. The molecule has 1 saturated carbocycles. The molecule has 1 aromatic rings. The molecule has 0 saturated heterocycles. The fourth-order valence-electron chi connectivity index (χ4n) is 2.59. The lowest BCUT2D eigenvalue weighted by atomic mass is 9.70. The third-order valence-corrected chi connectivity index (χ3v) is 3.76. The van der Waals surface area contributed by atoms with Crippen molar-refractivity contribution in [3.8, 4) is 0 Å². The summed E-state index contributed by atoms with van der Waals surface area (Å²) in [6.45, 7) is 0. The molecule has 4 heteroatoms. The lowest BCUT2D eigenvalue weighted by Gasteiger charge is -2.31. The Hall–Kier alpha value is -1.71. The van der Waals surface area contributed by atoms with Gasteiger partial charge in [-0.2, -0.15) is 0 Å². The Balaban J connectivity index is 2.12. The van der Waals surface area contributed by atoms with Crippen LogP contribution in [0.1, 0.15) is 37.7 Å². The van der Waals surface area contributed by atoms with Crippen LogP contribution in [0, 0.1) is 5.41 Å². The number of pyridine rings is 1. The van der Waals surface area contributed by atoms with Crippen molar-refractivity contribution >= 4 is 11.8 Å². The summed E-state index contributed by atoms with van der Waals surface area (Å²) in [6.07, 6.45) is 6.90. The van der Waals surface area contributed by atoms with Gasteiger partial charge in [0.25, 0.3) is 0 Å². The molecule has 96 valence electrons. The molecule has 0 bridgehead atoms. The standard InChI is InChI=1S/C14H17NO3/c16-12-5-1-2-7-14(12,13(17)18)8-6-11-4-3-9-15-10-11/h3-4,9-10H,1-2,5-8H2,(H,17,18). The maximum atomic E-state index is 12.0. The van der Waals surface area contributed by atoms with Crippen molar-refractivity contribution in [2.45, 2.75) is 38.5 Å². The lowest BCUT2D eigenvalue weighted by molar-refractivity contribution is -0.157. The molecule has 2 rings (SSSR count). The molecule has 0 aromatic carbocycles. The number of aryl methyl sites for hydroxylation is 1. The molecule has 0 spiro atoms. The third-order valence-electron chi connectivity index (χ3n) is 3.76. The first-order valence-electron chi connectivity index (χ1n) is 6.31. The number of hydrogen-bond donors (Lipinski definition) is 1. The van der Waals surface area contributed by atoms with Crippen LogP contribution in [0.4, 0.5) is 0 Å². The van der Waals surface area contributed by atoms with E-state index in [1.54, 1.807) is 12.4 Å². The zero-order valence-corrected chi connectivity index (χ0v) is 10.3. The predicted molar refractivity (Wildman–Crippen MR) is 66.1 cm³/mol. The summed E-state index contributed by atoms with van der Waals surface area (Å²) in [4.78, 5) is 27.5. The van der Waals surface area contributed by atoms with Crippen LogP contribution in [0.25, 0.3) is 0 Å². The fraction of sp³-hybridized carbons (Fsp3) is 0.500. The number of carboxylic acids is 1. The first-order chi connectivity index (χ1) is 8.65. The van der Waals surface area contributed by atoms with Gasteiger partial charge in [0, 0.05) is 18.8 Å². The van der Waals surface area contributed by atoms with Gasteiger partial charge in [-0.3, -0.25) is 14.6 Å². The summed E-state index contributed by atoms with van der Waals surface area (Å²) >= 11 is 0. The van der Waals surface area contributed by atoms with E-state index in [1.807, 2.05) is 12.1 Å². The number of aromatic nitrogens is 1. The Morgan fingerprint density at radius 3 is 2.89 bits per heavy atom. The SMILES string of the molecule is O=C(O)C1(CCc2cccnc2)CCCCC1=O. The van der Waals surface area contributed by atoms with Crippen LogP contribution in [0.2, 0.25) is 0 Å². The lowest BCUT2D eigenvalue weighted by Crippen LogP contribution is -2.42. The van der Waals surface area contributed by atoms with Gasteiger partial charge in [-0.05, 0) is 37.3 Å². The van der Waals surface area contributed by atoms with Crippen molar-refractivity contribution in [3.63, 3.8) is 0 Å². The summed E-state index contributed by atoms with van der Waals surface area (Å²) in [7, 11) is 0. The van der Waals surface area contributed by atoms with Crippen molar-refractivity contribution in [3.05, 3.63) is 30.1 Å². The summed E-state index contributed by atoms with van der Waals surface area (Å²) in [6, 6.07) is 3.74. The van der Waals surface area contributed by atoms with E-state index < -0.39 is 11.4 Å². The van der Waals surface area contributed by atoms with Gasteiger partial charge in [0.15, 0.2) is 0 Å². The summed E-state index contributed by atoms with van der Waals surface area (Å²) < 4.78 is 0. The predicted octanol–water partition coefficient (Wildman–Crippen LogP) is 2.23. The Labute approximate surface area is 106 Å². The van der Waals surface area contributed by atoms with Gasteiger partial charge in [0.2, 0.25) is 0 Å². The van der Waals surface area contributed by atoms with E-state index in [2.05, 4.69) is 4.98 Å². The first kappa shape index (κ1) is 12.7. The summed E-state index contributed by atoms with van der Waals surface area (Å²) in [5, 5.41) is 9.40. The van der Waals surface area contributed by atoms with Crippen molar-refractivity contribution in [1.82, 2.24) is 4.98 Å². The molecular formula is C14H17NO3. The minimum atomic E-state index is -1.16. The fourth-order valence-corrected chi connectivity index (χ4v) is 2.59. The van der Waals surface area contributed by atoms with E-state index in [0.29, 0.717) is 25.7 Å². The smallest absolute Gasteiger partial charge is 0.317 e. The second kappa shape index (κ2) is 5.29. The molecule has 1 aromatic heterocycles. The average Bonchev–Trinajstić information content (AvgIpc) is 2.39. The number of carbonyl (C=O) groups excluding carboxylic acids is 1. The van der Waals surface area contributed by atoms with Gasteiger partial charge < -0.3 is 5.11 Å². The van der Waals surface area contributed by atoms with Crippen LogP contribution in [-0.4, -0.2) is 21.8 Å². The average molecular weight is 247 g/mol. The topological polar surface area (TPSA) is 67.3 Å². The molecule has 0 radical (unpaired) electrons. The minimum absolute atomic E-state index is 0.106. The summed E-state index contributed by atoms with van der Waals surface area (Å²) in [5.74, 6) is -1.07. The van der Waals surface area contributed by atoms with Gasteiger partial charge in [-0.25, -0.2) is 0 Å². The zero-order chi connectivity index (χ0) is 13.0. The third kappa shape index (κ3) is 2.42. The minimum Gasteiger partial charge on any atom is -0.480 e. The van der Waals surface area contributed by atoms with E-state index in [1.165, 1.54) is 0 Å². The maximum absolute atomic E-state index is 12.0. The van der Waals surface area contributed by atoms with Crippen molar-refractivity contribution < 1.29 is 14.7 Å². The van der Waals surface area contributed by atoms with Crippen molar-refractivity contribution in [1.29, 1.82) is 0 Å². The number of aliphatic carboxylic acids is 1. The number of hydrogen-bond acceptors (Lipinski definition) is 3. The van der Waals surface area contributed by atoms with Crippen LogP contribution in [0.15, 0.2) is 24.5 Å².